The van der Waals surface area contributed by atoms with Crippen LogP contribution in [0, 0.1) is 0 Å². The SMILES string of the molecule is NC1(CO)OC(=O)C(CO)OC(=O)C(CO)OC1=O. The normalized spacial score (nSPS) is 32.5. The molecule has 1 aliphatic rings. The molecule has 10 nitrogen and oxygen atoms in total. The summed E-state index contributed by atoms with van der Waals surface area (Å²) in [6.45, 7) is -2.99. The third-order valence-electron chi connectivity index (χ3n) is 2.23. The van der Waals surface area contributed by atoms with Crippen molar-refractivity contribution in [3.8, 4) is 0 Å². The fourth-order valence-electron chi connectivity index (χ4n) is 1.15. The molecule has 1 fully saturated rings. The summed E-state index contributed by atoms with van der Waals surface area (Å²) in [5, 5.41) is 26.7. The van der Waals surface area contributed by atoms with Gasteiger partial charge in [0.25, 0.3) is 5.72 Å². The number of esters is 3. The van der Waals surface area contributed by atoms with Crippen LogP contribution >= 0.6 is 0 Å². The van der Waals surface area contributed by atoms with Crippen molar-refractivity contribution in [3.05, 3.63) is 0 Å². The van der Waals surface area contributed by atoms with Crippen LogP contribution in [0.4, 0.5) is 0 Å². The first kappa shape index (κ1) is 15.3. The zero-order valence-electron chi connectivity index (χ0n) is 9.64. The van der Waals surface area contributed by atoms with Gasteiger partial charge in [-0.05, 0) is 0 Å². The number of nitrogens with two attached hydrogens (primary N) is 1. The van der Waals surface area contributed by atoms with E-state index in [1.165, 1.54) is 0 Å². The number of carbonyl (C=O) groups is 3. The molecule has 10 heteroatoms. The lowest BCUT2D eigenvalue weighted by Gasteiger charge is -2.25. The van der Waals surface area contributed by atoms with Crippen molar-refractivity contribution in [3.63, 3.8) is 0 Å². The van der Waals surface area contributed by atoms with Crippen molar-refractivity contribution in [1.29, 1.82) is 0 Å². The van der Waals surface area contributed by atoms with E-state index >= 15 is 0 Å². The summed E-state index contributed by atoms with van der Waals surface area (Å²) in [5.41, 5.74) is 2.76. The van der Waals surface area contributed by atoms with Crippen LogP contribution in [0.2, 0.25) is 0 Å². The molecule has 0 aromatic rings. The quantitative estimate of drug-likeness (QED) is 0.295. The van der Waals surface area contributed by atoms with E-state index in [1.807, 2.05) is 0 Å². The van der Waals surface area contributed by atoms with Gasteiger partial charge in [-0.1, -0.05) is 0 Å². The van der Waals surface area contributed by atoms with Gasteiger partial charge < -0.3 is 29.5 Å². The summed E-state index contributed by atoms with van der Waals surface area (Å²) in [5.74, 6) is -4.02. The number of carbonyl (C=O) groups excluding carboxylic acids is 3. The van der Waals surface area contributed by atoms with Crippen LogP contribution in [0.3, 0.4) is 0 Å². The van der Waals surface area contributed by atoms with Crippen molar-refractivity contribution in [2.24, 2.45) is 5.73 Å². The standard InChI is InChI=1S/C9H13NO9/c10-9(3-13)8(16)18-4(1-11)6(14)17-5(2-12)7(15)19-9/h4-5,11-13H,1-3,10H2. The van der Waals surface area contributed by atoms with Crippen molar-refractivity contribution in [2.75, 3.05) is 19.8 Å². The van der Waals surface area contributed by atoms with Crippen LogP contribution in [0.1, 0.15) is 0 Å². The minimum Gasteiger partial charge on any atom is -0.445 e. The lowest BCUT2D eigenvalue weighted by Crippen LogP contribution is -2.57. The Bertz CT molecular complexity index is 382. The van der Waals surface area contributed by atoms with Gasteiger partial charge in [-0.2, -0.15) is 0 Å². The number of aliphatic hydroxyl groups excluding tert-OH is 3. The van der Waals surface area contributed by atoms with E-state index in [4.69, 9.17) is 21.1 Å². The number of hydrogen-bond acceptors (Lipinski definition) is 10. The molecule has 0 bridgehead atoms. The van der Waals surface area contributed by atoms with Crippen molar-refractivity contribution in [2.45, 2.75) is 17.9 Å². The number of rotatable bonds is 3. The first-order chi connectivity index (χ1) is 8.87. The molecule has 3 unspecified atom stereocenters. The molecule has 0 radical (unpaired) electrons. The third-order valence-corrected chi connectivity index (χ3v) is 2.23. The van der Waals surface area contributed by atoms with E-state index < -0.39 is 55.7 Å². The lowest BCUT2D eigenvalue weighted by molar-refractivity contribution is -0.191. The molecule has 1 aliphatic heterocycles. The van der Waals surface area contributed by atoms with Crippen LogP contribution < -0.4 is 5.73 Å². The van der Waals surface area contributed by atoms with E-state index in [2.05, 4.69) is 14.2 Å². The Morgan fingerprint density at radius 2 is 1.53 bits per heavy atom. The topological polar surface area (TPSA) is 166 Å². The Hall–Kier alpha value is -1.75. The monoisotopic (exact) mass is 279 g/mol. The minimum absolute atomic E-state index is 0.932. The van der Waals surface area contributed by atoms with Crippen molar-refractivity contribution < 1.29 is 43.9 Å². The highest BCUT2D eigenvalue weighted by atomic mass is 16.7. The second-order valence-electron chi connectivity index (χ2n) is 3.65. The molecule has 0 saturated carbocycles. The molecule has 108 valence electrons. The van der Waals surface area contributed by atoms with Gasteiger partial charge in [0.05, 0.1) is 13.2 Å². The van der Waals surface area contributed by atoms with Crippen LogP contribution in [-0.2, 0) is 28.6 Å². The largest absolute Gasteiger partial charge is 0.445 e. The van der Waals surface area contributed by atoms with E-state index in [9.17, 15) is 14.4 Å². The maximum Gasteiger partial charge on any atom is 0.369 e. The van der Waals surface area contributed by atoms with Gasteiger partial charge in [-0.15, -0.1) is 0 Å². The molecule has 1 saturated heterocycles. The number of hydrogen-bond donors (Lipinski definition) is 4. The molecule has 19 heavy (non-hydrogen) atoms. The zero-order valence-corrected chi connectivity index (χ0v) is 9.64. The Kier molecular flexibility index (Phi) is 4.78. The highest BCUT2D eigenvalue weighted by Crippen LogP contribution is 2.14. The molecule has 0 aromatic heterocycles. The Labute approximate surface area is 106 Å². The van der Waals surface area contributed by atoms with Gasteiger partial charge in [-0.3, -0.25) is 5.73 Å². The predicted molar refractivity (Wildman–Crippen MR) is 54.0 cm³/mol. The number of cyclic esters (lactones) is 3. The molecule has 0 aliphatic carbocycles. The number of ether oxygens (including phenoxy) is 3. The highest BCUT2D eigenvalue weighted by Gasteiger charge is 2.46. The summed E-state index contributed by atoms with van der Waals surface area (Å²) in [4.78, 5) is 34.5. The highest BCUT2D eigenvalue weighted by molar-refractivity contribution is 5.89. The zero-order chi connectivity index (χ0) is 14.6. The predicted octanol–water partition coefficient (Wildman–Crippen LogP) is -4.00. The first-order valence-corrected chi connectivity index (χ1v) is 5.14. The average Bonchev–Trinajstić information content (AvgIpc) is 2.42. The van der Waals surface area contributed by atoms with E-state index in [-0.39, 0.29) is 0 Å². The van der Waals surface area contributed by atoms with Crippen LogP contribution in [0.5, 0.6) is 0 Å². The summed E-state index contributed by atoms with van der Waals surface area (Å²) in [6, 6.07) is 0. The summed E-state index contributed by atoms with van der Waals surface area (Å²) in [7, 11) is 0. The van der Waals surface area contributed by atoms with Gasteiger partial charge in [-0.25, -0.2) is 14.4 Å². The molecule has 0 aromatic carbocycles. The number of aliphatic hydroxyl groups is 3. The average molecular weight is 279 g/mol. The summed E-state index contributed by atoms with van der Waals surface area (Å²) >= 11 is 0. The third kappa shape index (κ3) is 3.17. The van der Waals surface area contributed by atoms with Crippen LogP contribution in [0.15, 0.2) is 0 Å². The molecule has 3 atom stereocenters. The van der Waals surface area contributed by atoms with E-state index in [0.29, 0.717) is 0 Å². The van der Waals surface area contributed by atoms with Gasteiger partial charge >= 0.3 is 17.9 Å². The van der Waals surface area contributed by atoms with Crippen molar-refractivity contribution >= 4 is 17.9 Å². The van der Waals surface area contributed by atoms with Gasteiger partial charge in [0.15, 0.2) is 0 Å². The molecule has 0 amide bonds. The van der Waals surface area contributed by atoms with Gasteiger partial charge in [0, 0.05) is 0 Å². The summed E-state index contributed by atoms with van der Waals surface area (Å²) < 4.78 is 13.4. The second kappa shape index (κ2) is 5.93. The second-order valence-corrected chi connectivity index (χ2v) is 3.65. The van der Waals surface area contributed by atoms with Crippen LogP contribution in [-0.4, -0.2) is 71.0 Å². The molecular weight excluding hydrogens is 266 g/mol. The Balaban J connectivity index is 3.10. The van der Waals surface area contributed by atoms with E-state index in [1.54, 1.807) is 0 Å². The molecular formula is C9H13NO9. The summed E-state index contributed by atoms with van der Waals surface area (Å²) in [6.07, 6.45) is -3.49. The maximum absolute atomic E-state index is 11.6. The smallest absolute Gasteiger partial charge is 0.369 e. The lowest BCUT2D eigenvalue weighted by atomic mass is 10.2. The fraction of sp³-hybridized carbons (Fsp3) is 0.667. The molecule has 0 spiro atoms. The first-order valence-electron chi connectivity index (χ1n) is 5.14. The van der Waals surface area contributed by atoms with E-state index in [0.717, 1.165) is 0 Å². The Morgan fingerprint density at radius 3 is 2.00 bits per heavy atom. The van der Waals surface area contributed by atoms with Gasteiger partial charge in [0.1, 0.15) is 6.61 Å². The Morgan fingerprint density at radius 1 is 1.00 bits per heavy atom. The minimum atomic E-state index is -2.55. The molecule has 1 rings (SSSR count). The van der Waals surface area contributed by atoms with Gasteiger partial charge in [0.2, 0.25) is 12.2 Å². The molecule has 1 heterocycles. The maximum atomic E-state index is 11.6. The van der Waals surface area contributed by atoms with Crippen molar-refractivity contribution in [1.82, 2.24) is 0 Å². The molecule has 5 N–H and O–H groups in total. The fourth-order valence-corrected chi connectivity index (χ4v) is 1.15. The van der Waals surface area contributed by atoms with Crippen LogP contribution in [0.25, 0.3) is 0 Å².